The Morgan fingerprint density at radius 1 is 1.31 bits per heavy atom. The average Bonchev–Trinajstić information content (AvgIpc) is 3.13. The lowest BCUT2D eigenvalue weighted by Crippen LogP contribution is -2.41. The van der Waals surface area contributed by atoms with E-state index in [-0.39, 0.29) is 17.6 Å². The molecule has 1 saturated carbocycles. The summed E-state index contributed by atoms with van der Waals surface area (Å²) in [6, 6.07) is 2.39. The molecule has 0 saturated heterocycles. The highest BCUT2D eigenvalue weighted by atomic mass is 32.3. The van der Waals surface area contributed by atoms with Gasteiger partial charge in [-0.05, 0) is 55.9 Å². The Labute approximate surface area is 199 Å². The highest BCUT2D eigenvalue weighted by molar-refractivity contribution is 8.12. The molecule has 3 atom stereocenters. The van der Waals surface area contributed by atoms with Crippen LogP contribution in [0.4, 0.5) is 34.0 Å². The van der Waals surface area contributed by atoms with Crippen molar-refractivity contribution in [2.45, 2.75) is 61.7 Å². The molecule has 1 aromatic carbocycles. The second kappa shape index (κ2) is 9.66. The third kappa shape index (κ3) is 7.83. The fourth-order valence-corrected chi connectivity index (χ4v) is 4.79. The average molecular weight is 522 g/mol. The largest absolute Gasteiger partial charge is 0.446 e. The summed E-state index contributed by atoms with van der Waals surface area (Å²) in [6.07, 6.45) is -1.16. The minimum atomic E-state index is -4.73. The molecule has 0 aliphatic heterocycles. The third-order valence-corrected chi connectivity index (χ3v) is 6.83. The number of alkyl halides is 3. The topological polar surface area (TPSA) is 139 Å². The fraction of sp³-hybridized carbons (Fsp3) is 0.476. The number of carbonyl (C=O) groups is 1. The lowest BCUT2D eigenvalue weighted by atomic mass is 10.0. The quantitative estimate of drug-likeness (QED) is 0.400. The molecule has 2 aromatic rings. The minimum absolute atomic E-state index is 0.00456. The first-order valence-electron chi connectivity index (χ1n) is 10.7. The van der Waals surface area contributed by atoms with Gasteiger partial charge in [0, 0.05) is 30.4 Å². The summed E-state index contributed by atoms with van der Waals surface area (Å²) in [7, 11) is -4.73. The summed E-state index contributed by atoms with van der Waals surface area (Å²) >= 11 is 0. The molecule has 14 heteroatoms. The van der Waals surface area contributed by atoms with Crippen LogP contribution in [0.3, 0.4) is 0 Å². The van der Waals surface area contributed by atoms with Gasteiger partial charge in [-0.15, -0.1) is 9.53 Å². The molecule has 9 nitrogen and oxygen atoms in total. The molecule has 1 heterocycles. The summed E-state index contributed by atoms with van der Waals surface area (Å²) in [6.45, 7) is 1.26. The number of halogens is 4. The summed E-state index contributed by atoms with van der Waals surface area (Å²) in [4.78, 5) is 19.8. The van der Waals surface area contributed by atoms with Gasteiger partial charge in [0.1, 0.15) is 16.8 Å². The Morgan fingerprint density at radius 2 is 1.97 bits per heavy atom. The Morgan fingerprint density at radius 3 is 2.54 bits per heavy atom. The van der Waals surface area contributed by atoms with Crippen molar-refractivity contribution in [3.05, 3.63) is 42.0 Å². The number of nitrogens with two attached hydrogens (primary N) is 1. The van der Waals surface area contributed by atoms with E-state index in [2.05, 4.69) is 20.6 Å². The van der Waals surface area contributed by atoms with Crippen molar-refractivity contribution in [1.82, 2.24) is 15.3 Å². The first-order chi connectivity index (χ1) is 16.1. The molecule has 1 fully saturated rings. The van der Waals surface area contributed by atoms with E-state index in [0.717, 1.165) is 24.0 Å². The first-order valence-corrected chi connectivity index (χ1v) is 13.1. The normalized spacial score (nSPS) is 20.5. The predicted molar refractivity (Wildman–Crippen MR) is 121 cm³/mol. The molecule has 1 aliphatic rings. The van der Waals surface area contributed by atoms with E-state index in [1.807, 2.05) is 0 Å². The number of carbonyl (C=O) groups excluding carboxylic acids is 1. The number of rotatable bonds is 7. The van der Waals surface area contributed by atoms with Gasteiger partial charge >= 0.3 is 12.3 Å². The molecule has 1 aliphatic carbocycles. The van der Waals surface area contributed by atoms with Gasteiger partial charge in [-0.2, -0.15) is 17.4 Å². The van der Waals surface area contributed by atoms with Crippen molar-refractivity contribution in [2.75, 3.05) is 11.6 Å². The molecule has 3 rings (SSSR count). The zero-order chi connectivity index (χ0) is 26.0. The summed E-state index contributed by atoms with van der Waals surface area (Å²) in [5, 5.41) is 10.3. The number of amides is 1. The SMILES string of the molecule is C[C@@H](CC(F)(F)F)NC(=O)O[C@H]1CC[C@@H](c2cnc(Nc3ccc(S(C)(N)(=O)O)c(F)c3)nc2)C1. The maximum absolute atomic E-state index is 14.2. The number of hydrogen-bond acceptors (Lipinski definition) is 6. The molecule has 0 bridgehead atoms. The number of nitrogens with one attached hydrogen (secondary N) is 2. The van der Waals surface area contributed by atoms with Crippen molar-refractivity contribution < 1.29 is 35.9 Å². The smallest absolute Gasteiger partial charge is 0.407 e. The monoisotopic (exact) mass is 521 g/mol. The molecule has 1 aromatic heterocycles. The van der Waals surface area contributed by atoms with Crippen molar-refractivity contribution in [3.63, 3.8) is 0 Å². The van der Waals surface area contributed by atoms with E-state index in [1.54, 1.807) is 12.4 Å². The molecule has 1 amide bonds. The van der Waals surface area contributed by atoms with Crippen LogP contribution in [0.2, 0.25) is 0 Å². The number of anilines is 2. The van der Waals surface area contributed by atoms with Gasteiger partial charge < -0.3 is 15.4 Å². The summed E-state index contributed by atoms with van der Waals surface area (Å²) in [5.41, 5.74) is 1.03. The first kappa shape index (κ1) is 26.8. The Balaban J connectivity index is 1.54. The highest BCUT2D eigenvalue weighted by Gasteiger charge is 2.32. The maximum Gasteiger partial charge on any atom is 0.407 e. The van der Waals surface area contributed by atoms with Gasteiger partial charge in [-0.25, -0.2) is 24.3 Å². The number of hydrogen-bond donors (Lipinski definition) is 4. The van der Waals surface area contributed by atoms with Crippen LogP contribution >= 0.6 is 0 Å². The van der Waals surface area contributed by atoms with E-state index < -0.39 is 51.1 Å². The molecular weight excluding hydrogens is 494 g/mol. The molecule has 0 unspecified atom stereocenters. The van der Waals surface area contributed by atoms with Crippen LogP contribution in [0.15, 0.2) is 35.5 Å². The zero-order valence-electron chi connectivity index (χ0n) is 19.0. The number of alkyl carbamates (subject to hydrolysis) is 1. The van der Waals surface area contributed by atoms with Crippen LogP contribution in [0.5, 0.6) is 0 Å². The number of ether oxygens (including phenoxy) is 1. The number of nitrogens with zero attached hydrogens (tertiary/aromatic N) is 2. The van der Waals surface area contributed by atoms with Crippen LogP contribution in [-0.2, 0) is 14.3 Å². The zero-order valence-corrected chi connectivity index (χ0v) is 19.8. The number of benzene rings is 1. The van der Waals surface area contributed by atoms with Crippen molar-refractivity contribution >= 4 is 27.3 Å². The van der Waals surface area contributed by atoms with Gasteiger partial charge in [0.25, 0.3) is 0 Å². The summed E-state index contributed by atoms with van der Waals surface area (Å²) < 4.78 is 78.4. The van der Waals surface area contributed by atoms with Gasteiger partial charge in [0.15, 0.2) is 0 Å². The lowest BCUT2D eigenvalue weighted by molar-refractivity contribution is -0.138. The van der Waals surface area contributed by atoms with E-state index in [4.69, 9.17) is 9.88 Å². The van der Waals surface area contributed by atoms with Crippen LogP contribution < -0.4 is 15.8 Å². The molecule has 0 radical (unpaired) electrons. The predicted octanol–water partition coefficient (Wildman–Crippen LogP) is 4.22. The van der Waals surface area contributed by atoms with E-state index >= 15 is 0 Å². The minimum Gasteiger partial charge on any atom is -0.446 e. The van der Waals surface area contributed by atoms with Crippen molar-refractivity contribution in [1.29, 1.82) is 0 Å². The van der Waals surface area contributed by atoms with Crippen LogP contribution in [0.25, 0.3) is 0 Å². The second-order valence-electron chi connectivity index (χ2n) is 8.87. The van der Waals surface area contributed by atoms with E-state index in [0.29, 0.717) is 19.3 Å². The van der Waals surface area contributed by atoms with Crippen LogP contribution in [-0.4, -0.2) is 49.4 Å². The van der Waals surface area contributed by atoms with Gasteiger partial charge in [-0.1, -0.05) is 0 Å². The molecule has 35 heavy (non-hydrogen) atoms. The Bertz CT molecular complexity index is 1130. The standard InChI is InChI=1S/C21H27F4N5O4S/c1-12(9-21(23,24)25)29-20(31)34-16-5-3-13(7-16)14-10-27-19(28-11-14)30-15-4-6-18(17(22)8-15)35(2,26,32)33/h4,6,8,10-13,16H,3,5,7,9H2,1-2H3,(H,29,31)(H3,26,32,33)(H,27,28,30)/t12-,13+,16-/m0/s1. The maximum atomic E-state index is 14.2. The van der Waals surface area contributed by atoms with E-state index in [1.165, 1.54) is 13.0 Å². The van der Waals surface area contributed by atoms with Crippen LogP contribution in [0, 0.1) is 5.82 Å². The Kier molecular flexibility index (Phi) is 7.39. The van der Waals surface area contributed by atoms with Crippen molar-refractivity contribution in [3.8, 4) is 0 Å². The highest BCUT2D eigenvalue weighted by Crippen LogP contribution is 2.36. The van der Waals surface area contributed by atoms with Crippen LogP contribution in [0.1, 0.15) is 44.1 Å². The summed E-state index contributed by atoms with van der Waals surface area (Å²) in [5.74, 6) is -0.796. The van der Waals surface area contributed by atoms with Gasteiger partial charge in [-0.3, -0.25) is 4.55 Å². The fourth-order valence-electron chi connectivity index (χ4n) is 3.86. The molecule has 0 spiro atoms. The lowest BCUT2D eigenvalue weighted by Gasteiger charge is -2.33. The number of aromatic nitrogens is 2. The Hall–Kier alpha value is -2.84. The molecule has 194 valence electrons. The van der Waals surface area contributed by atoms with Crippen molar-refractivity contribution in [2.24, 2.45) is 5.14 Å². The van der Waals surface area contributed by atoms with E-state index in [9.17, 15) is 31.1 Å². The van der Waals surface area contributed by atoms with Gasteiger partial charge in [0.05, 0.1) is 6.42 Å². The third-order valence-electron chi connectivity index (χ3n) is 5.43. The second-order valence-corrected chi connectivity index (χ2v) is 12.0. The molecular formula is C21H27F4N5O4S. The van der Waals surface area contributed by atoms with Gasteiger partial charge in [0.2, 0.25) is 5.95 Å². The molecule has 5 N–H and O–H groups in total.